The molecule has 3 aliphatic rings. The minimum Gasteiger partial charge on any atom is -0.374 e. The fourth-order valence-electron chi connectivity index (χ4n) is 6.22. The van der Waals surface area contributed by atoms with Crippen molar-refractivity contribution in [1.29, 1.82) is 0 Å². The Hall–Kier alpha value is -2.93. The highest BCUT2D eigenvalue weighted by molar-refractivity contribution is 5.92. The van der Waals surface area contributed by atoms with Crippen LogP contribution in [0.25, 0.3) is 0 Å². The molecule has 2 aromatic rings. The third-order valence-corrected chi connectivity index (χ3v) is 8.60. The van der Waals surface area contributed by atoms with Gasteiger partial charge in [-0.15, -0.1) is 0 Å². The lowest BCUT2D eigenvalue weighted by molar-refractivity contribution is -0.133. The number of benzene rings is 2. The maximum atomic E-state index is 13.8. The van der Waals surface area contributed by atoms with Gasteiger partial charge in [0.15, 0.2) is 0 Å². The molecule has 0 radical (unpaired) electrons. The van der Waals surface area contributed by atoms with Crippen molar-refractivity contribution in [1.82, 2.24) is 9.80 Å². The van der Waals surface area contributed by atoms with E-state index in [1.165, 1.54) is 31.4 Å². The number of carbonyl (C=O) groups is 2. The molecule has 6 nitrogen and oxygen atoms in total. The van der Waals surface area contributed by atoms with Gasteiger partial charge in [-0.3, -0.25) is 14.5 Å². The molecule has 5 rings (SSSR count). The summed E-state index contributed by atoms with van der Waals surface area (Å²) in [5, 5.41) is 0. The first-order valence-electron chi connectivity index (χ1n) is 14.2. The van der Waals surface area contributed by atoms with Gasteiger partial charge in [0, 0.05) is 76.6 Å². The normalized spacial score (nSPS) is 22.4. The quantitative estimate of drug-likeness (QED) is 0.534. The molecule has 0 N–H and O–H groups in total. The fraction of sp³-hybridized carbons (Fsp3) is 0.548. The lowest BCUT2D eigenvalue weighted by atomic mass is 9.92. The minimum atomic E-state index is -0.262. The fourth-order valence-corrected chi connectivity index (χ4v) is 6.22. The number of fused-ring (bicyclic) bond motifs is 3. The van der Waals surface area contributed by atoms with Crippen molar-refractivity contribution in [2.75, 3.05) is 43.0 Å². The van der Waals surface area contributed by atoms with E-state index in [0.717, 1.165) is 55.2 Å². The summed E-state index contributed by atoms with van der Waals surface area (Å²) < 4.78 is 13.4. The third kappa shape index (κ3) is 6.37. The van der Waals surface area contributed by atoms with Crippen molar-refractivity contribution in [2.24, 2.45) is 5.92 Å². The highest BCUT2D eigenvalue weighted by Crippen LogP contribution is 2.36. The minimum absolute atomic E-state index is 0.0524. The van der Waals surface area contributed by atoms with E-state index in [9.17, 15) is 14.0 Å². The van der Waals surface area contributed by atoms with Crippen LogP contribution in [0.15, 0.2) is 48.5 Å². The van der Waals surface area contributed by atoms with E-state index >= 15 is 0 Å². The van der Waals surface area contributed by atoms with E-state index < -0.39 is 0 Å². The zero-order chi connectivity index (χ0) is 26.6. The third-order valence-electron chi connectivity index (χ3n) is 8.60. The van der Waals surface area contributed by atoms with Gasteiger partial charge in [0.25, 0.3) is 0 Å². The first kappa shape index (κ1) is 26.7. The Bertz CT molecular complexity index is 1120. The van der Waals surface area contributed by atoms with Crippen molar-refractivity contribution in [3.63, 3.8) is 0 Å². The van der Waals surface area contributed by atoms with Gasteiger partial charge in [0.1, 0.15) is 5.82 Å². The van der Waals surface area contributed by atoms with Crippen molar-refractivity contribution in [3.05, 3.63) is 59.9 Å². The summed E-state index contributed by atoms with van der Waals surface area (Å²) >= 11 is 0. The molecule has 1 aliphatic carbocycles. The molecule has 2 aromatic carbocycles. The molecular weight excluding hydrogens is 479 g/mol. The summed E-state index contributed by atoms with van der Waals surface area (Å²) in [7, 11) is 1.94. The molecule has 0 spiro atoms. The average molecular weight is 521 g/mol. The molecule has 1 saturated heterocycles. The topological polar surface area (TPSA) is 47.1 Å². The molecule has 2 aliphatic heterocycles. The van der Waals surface area contributed by atoms with Crippen LogP contribution >= 0.6 is 0 Å². The van der Waals surface area contributed by atoms with Crippen LogP contribution in [-0.4, -0.2) is 66.9 Å². The number of carbonyl (C=O) groups excluding carboxylic acids is 2. The lowest BCUT2D eigenvalue weighted by Gasteiger charge is -2.44. The van der Waals surface area contributed by atoms with Gasteiger partial charge < -0.3 is 14.7 Å². The summed E-state index contributed by atoms with van der Waals surface area (Å²) in [6, 6.07) is 15.3. The first-order chi connectivity index (χ1) is 18.4. The molecule has 2 fully saturated rings. The number of nitrogens with zero attached hydrogens (tertiary/aromatic N) is 4. The Labute approximate surface area is 226 Å². The second-order valence-corrected chi connectivity index (χ2v) is 11.4. The molecule has 2 amide bonds. The number of amides is 2. The zero-order valence-corrected chi connectivity index (χ0v) is 22.8. The molecule has 2 bridgehead atoms. The van der Waals surface area contributed by atoms with E-state index in [-0.39, 0.29) is 17.6 Å². The molecule has 2 heterocycles. The van der Waals surface area contributed by atoms with Crippen molar-refractivity contribution < 1.29 is 14.0 Å². The van der Waals surface area contributed by atoms with Crippen molar-refractivity contribution >= 4 is 23.2 Å². The predicted octanol–water partition coefficient (Wildman–Crippen LogP) is 5.07. The first-order valence-corrected chi connectivity index (χ1v) is 14.2. The predicted molar refractivity (Wildman–Crippen MR) is 150 cm³/mol. The maximum Gasteiger partial charge on any atom is 0.224 e. The number of halogens is 1. The van der Waals surface area contributed by atoms with E-state index in [2.05, 4.69) is 11.0 Å². The van der Waals surface area contributed by atoms with E-state index in [0.29, 0.717) is 38.1 Å². The Balaban J connectivity index is 1.40. The molecule has 7 heteroatoms. The number of para-hydroxylation sites is 1. The average Bonchev–Trinajstić information content (AvgIpc) is 3.73. The number of rotatable bonds is 6. The molecule has 0 aromatic heterocycles. The van der Waals surface area contributed by atoms with Gasteiger partial charge in [0.2, 0.25) is 11.8 Å². The van der Waals surface area contributed by atoms with Gasteiger partial charge in [-0.25, -0.2) is 4.39 Å². The number of piperidine rings is 1. The van der Waals surface area contributed by atoms with Gasteiger partial charge in [-0.05, 0) is 73.9 Å². The monoisotopic (exact) mass is 520 g/mol. The van der Waals surface area contributed by atoms with Gasteiger partial charge in [-0.2, -0.15) is 0 Å². The van der Waals surface area contributed by atoms with Crippen LogP contribution in [0, 0.1) is 11.7 Å². The Morgan fingerprint density at radius 1 is 0.974 bits per heavy atom. The standard InChI is InChI=1S/C31H41FN4O2/c1-23(37)35-19-16-28-7-5-8-29(36(28)20-24-10-11-24)22-34(21-25-6-3-4-9-30(25)35)31(38)17-18-33(2)27-14-12-26(32)13-15-27/h3-4,6,9,12-15,24,28-29H,5,7-8,10-11,16-22H2,1-2H3. The molecule has 204 valence electrons. The largest absolute Gasteiger partial charge is 0.374 e. The zero-order valence-electron chi connectivity index (χ0n) is 22.8. The van der Waals surface area contributed by atoms with Crippen molar-refractivity contribution in [3.8, 4) is 0 Å². The Morgan fingerprint density at radius 2 is 1.71 bits per heavy atom. The summed E-state index contributed by atoms with van der Waals surface area (Å²) in [6.45, 7) is 5.24. The van der Waals surface area contributed by atoms with Crippen LogP contribution < -0.4 is 9.80 Å². The second-order valence-electron chi connectivity index (χ2n) is 11.4. The molecule has 2 atom stereocenters. The molecule has 2 unspecified atom stereocenters. The van der Waals surface area contributed by atoms with Gasteiger partial charge in [-0.1, -0.05) is 24.6 Å². The number of anilines is 2. The summed E-state index contributed by atoms with van der Waals surface area (Å²) in [4.78, 5) is 35.3. The van der Waals surface area contributed by atoms with Crippen LogP contribution in [0.3, 0.4) is 0 Å². The van der Waals surface area contributed by atoms with Crippen LogP contribution in [0.2, 0.25) is 0 Å². The Morgan fingerprint density at radius 3 is 2.45 bits per heavy atom. The second kappa shape index (κ2) is 11.9. The molecular formula is C31H41FN4O2. The SMILES string of the molecule is CC(=O)N1CCC2CCCC(CN(C(=O)CCN(C)c3ccc(F)cc3)Cc3ccccc31)N2CC1CC1. The van der Waals surface area contributed by atoms with E-state index in [1.54, 1.807) is 19.1 Å². The van der Waals surface area contributed by atoms with Crippen LogP contribution in [0.1, 0.15) is 57.4 Å². The number of hydrogen-bond acceptors (Lipinski definition) is 4. The molecule has 1 saturated carbocycles. The number of hydrogen-bond donors (Lipinski definition) is 0. The van der Waals surface area contributed by atoms with Gasteiger partial charge >= 0.3 is 0 Å². The van der Waals surface area contributed by atoms with Crippen molar-refractivity contribution in [2.45, 2.75) is 70.5 Å². The van der Waals surface area contributed by atoms with Crippen LogP contribution in [0.5, 0.6) is 0 Å². The van der Waals surface area contributed by atoms with Gasteiger partial charge in [0.05, 0.1) is 0 Å². The van der Waals surface area contributed by atoms with Crippen LogP contribution in [-0.2, 0) is 16.1 Å². The highest BCUT2D eigenvalue weighted by Gasteiger charge is 2.37. The highest BCUT2D eigenvalue weighted by atomic mass is 19.1. The molecule has 38 heavy (non-hydrogen) atoms. The van der Waals surface area contributed by atoms with E-state index in [1.807, 2.05) is 39.9 Å². The maximum absolute atomic E-state index is 13.8. The summed E-state index contributed by atoms with van der Waals surface area (Å²) in [5.41, 5.74) is 2.84. The Kier molecular flexibility index (Phi) is 8.32. The summed E-state index contributed by atoms with van der Waals surface area (Å²) in [5.74, 6) is 0.687. The lowest BCUT2D eigenvalue weighted by Crippen LogP contribution is -2.53. The van der Waals surface area contributed by atoms with Crippen LogP contribution in [0.4, 0.5) is 15.8 Å². The smallest absolute Gasteiger partial charge is 0.224 e. The van der Waals surface area contributed by atoms with E-state index in [4.69, 9.17) is 0 Å². The summed E-state index contributed by atoms with van der Waals surface area (Å²) in [6.07, 6.45) is 7.39.